The molecule has 0 saturated carbocycles. The second-order valence-corrected chi connectivity index (χ2v) is 6.68. The Bertz CT molecular complexity index is 1090. The Morgan fingerprint density at radius 3 is 2.48 bits per heavy atom. The standard InChI is InChI=1S/C20H18ClN5O3/c1-11-14(4-3-5-15(11)21)19(28)25-12-6-8-13(9-7-12)26(2)20(29)17-16(18(22)27)23-10-24-17/h3-10H,1-2H3,(H2,22,27)(H,23,24)(H,25,28). The molecule has 0 aliphatic heterocycles. The summed E-state index contributed by atoms with van der Waals surface area (Å²) in [5.41, 5.74) is 7.39. The number of hydrogen-bond acceptors (Lipinski definition) is 4. The highest BCUT2D eigenvalue weighted by Crippen LogP contribution is 2.22. The normalized spacial score (nSPS) is 10.4. The number of nitrogens with one attached hydrogen (secondary N) is 2. The van der Waals surface area contributed by atoms with E-state index in [-0.39, 0.29) is 17.3 Å². The summed E-state index contributed by atoms with van der Waals surface area (Å²) in [4.78, 5) is 44.2. The van der Waals surface area contributed by atoms with Gasteiger partial charge in [0.05, 0.1) is 6.33 Å². The molecular weight excluding hydrogens is 394 g/mol. The number of halogens is 1. The van der Waals surface area contributed by atoms with E-state index in [4.69, 9.17) is 17.3 Å². The second-order valence-electron chi connectivity index (χ2n) is 6.27. The van der Waals surface area contributed by atoms with Gasteiger partial charge in [-0.2, -0.15) is 0 Å². The lowest BCUT2D eigenvalue weighted by Crippen LogP contribution is -2.29. The Morgan fingerprint density at radius 2 is 1.83 bits per heavy atom. The molecule has 0 bridgehead atoms. The van der Waals surface area contributed by atoms with E-state index in [0.29, 0.717) is 27.5 Å². The smallest absolute Gasteiger partial charge is 0.276 e. The number of aromatic amines is 1. The summed E-state index contributed by atoms with van der Waals surface area (Å²) in [5.74, 6) is -1.55. The maximum Gasteiger partial charge on any atom is 0.276 e. The predicted octanol–water partition coefficient (Wildman–Crippen LogP) is 3.00. The van der Waals surface area contributed by atoms with Gasteiger partial charge in [0, 0.05) is 29.0 Å². The molecule has 3 rings (SSSR count). The van der Waals surface area contributed by atoms with Gasteiger partial charge < -0.3 is 20.9 Å². The van der Waals surface area contributed by atoms with Gasteiger partial charge in [0.25, 0.3) is 17.7 Å². The van der Waals surface area contributed by atoms with Crippen molar-refractivity contribution in [3.05, 3.63) is 76.3 Å². The maximum atomic E-state index is 12.6. The third-order valence-electron chi connectivity index (χ3n) is 4.42. The van der Waals surface area contributed by atoms with Gasteiger partial charge in [-0.1, -0.05) is 17.7 Å². The van der Waals surface area contributed by atoms with Gasteiger partial charge >= 0.3 is 0 Å². The van der Waals surface area contributed by atoms with Gasteiger partial charge in [0.15, 0.2) is 5.69 Å². The van der Waals surface area contributed by atoms with Crippen LogP contribution in [0.15, 0.2) is 48.8 Å². The number of hydrogen-bond donors (Lipinski definition) is 3. The average molecular weight is 412 g/mol. The van der Waals surface area contributed by atoms with Crippen LogP contribution in [0.25, 0.3) is 0 Å². The van der Waals surface area contributed by atoms with Crippen molar-refractivity contribution < 1.29 is 14.4 Å². The van der Waals surface area contributed by atoms with Crippen molar-refractivity contribution in [1.29, 1.82) is 0 Å². The zero-order chi connectivity index (χ0) is 21.1. The average Bonchev–Trinajstić information content (AvgIpc) is 3.19. The van der Waals surface area contributed by atoms with E-state index in [0.717, 1.165) is 0 Å². The lowest BCUT2D eigenvalue weighted by molar-refractivity contribution is 0.0958. The van der Waals surface area contributed by atoms with E-state index in [1.54, 1.807) is 56.4 Å². The summed E-state index contributed by atoms with van der Waals surface area (Å²) in [6.07, 6.45) is 1.23. The first-order chi connectivity index (χ1) is 13.8. The molecule has 0 radical (unpaired) electrons. The molecule has 0 aliphatic carbocycles. The van der Waals surface area contributed by atoms with Gasteiger partial charge in [-0.15, -0.1) is 0 Å². The van der Waals surface area contributed by atoms with Gasteiger partial charge in [-0.3, -0.25) is 14.4 Å². The monoisotopic (exact) mass is 411 g/mol. The van der Waals surface area contributed by atoms with Crippen LogP contribution in [0.5, 0.6) is 0 Å². The van der Waals surface area contributed by atoms with E-state index in [9.17, 15) is 14.4 Å². The van der Waals surface area contributed by atoms with E-state index in [2.05, 4.69) is 15.3 Å². The molecule has 9 heteroatoms. The third kappa shape index (κ3) is 4.12. The van der Waals surface area contributed by atoms with Gasteiger partial charge in [-0.05, 0) is 48.9 Å². The molecule has 29 heavy (non-hydrogen) atoms. The second kappa shape index (κ2) is 8.15. The van der Waals surface area contributed by atoms with Crippen molar-refractivity contribution in [1.82, 2.24) is 9.97 Å². The summed E-state index contributed by atoms with van der Waals surface area (Å²) in [6, 6.07) is 11.8. The molecular formula is C20H18ClN5O3. The van der Waals surface area contributed by atoms with Crippen LogP contribution in [0.4, 0.5) is 11.4 Å². The summed E-state index contributed by atoms with van der Waals surface area (Å²) >= 11 is 6.07. The number of primary amides is 1. The van der Waals surface area contributed by atoms with Crippen LogP contribution in [0.1, 0.15) is 36.9 Å². The molecule has 2 aromatic carbocycles. The van der Waals surface area contributed by atoms with Crippen molar-refractivity contribution in [2.75, 3.05) is 17.3 Å². The van der Waals surface area contributed by atoms with Crippen LogP contribution in [0.3, 0.4) is 0 Å². The highest BCUT2D eigenvalue weighted by Gasteiger charge is 2.22. The van der Waals surface area contributed by atoms with Crippen molar-refractivity contribution in [3.63, 3.8) is 0 Å². The highest BCUT2D eigenvalue weighted by atomic mass is 35.5. The van der Waals surface area contributed by atoms with Crippen molar-refractivity contribution in [2.45, 2.75) is 6.92 Å². The lowest BCUT2D eigenvalue weighted by atomic mass is 10.1. The fourth-order valence-corrected chi connectivity index (χ4v) is 2.92. The molecule has 3 amide bonds. The van der Waals surface area contributed by atoms with Gasteiger partial charge in [0.2, 0.25) is 0 Å². The zero-order valence-electron chi connectivity index (χ0n) is 15.7. The number of carbonyl (C=O) groups is 3. The molecule has 0 unspecified atom stereocenters. The molecule has 148 valence electrons. The minimum Gasteiger partial charge on any atom is -0.364 e. The Balaban J connectivity index is 1.75. The number of carbonyl (C=O) groups excluding carboxylic acids is 3. The number of imidazole rings is 1. The van der Waals surface area contributed by atoms with Crippen LogP contribution in [-0.4, -0.2) is 34.7 Å². The molecule has 0 atom stereocenters. The number of rotatable bonds is 5. The summed E-state index contributed by atoms with van der Waals surface area (Å²) in [6.45, 7) is 1.77. The number of H-pyrrole nitrogens is 1. The molecule has 1 heterocycles. The number of aromatic nitrogens is 2. The molecule has 0 aliphatic rings. The van der Waals surface area contributed by atoms with Crippen LogP contribution in [0, 0.1) is 6.92 Å². The van der Waals surface area contributed by atoms with E-state index in [1.165, 1.54) is 11.2 Å². The Labute approximate surface area is 171 Å². The fraction of sp³-hybridized carbons (Fsp3) is 0.100. The molecule has 4 N–H and O–H groups in total. The van der Waals surface area contributed by atoms with E-state index >= 15 is 0 Å². The van der Waals surface area contributed by atoms with Crippen molar-refractivity contribution >= 4 is 40.7 Å². The fourth-order valence-electron chi connectivity index (χ4n) is 2.75. The third-order valence-corrected chi connectivity index (χ3v) is 4.83. The first kappa shape index (κ1) is 20.1. The van der Waals surface area contributed by atoms with Crippen molar-refractivity contribution in [3.8, 4) is 0 Å². The van der Waals surface area contributed by atoms with Crippen molar-refractivity contribution in [2.24, 2.45) is 5.73 Å². The maximum absolute atomic E-state index is 12.6. The lowest BCUT2D eigenvalue weighted by Gasteiger charge is -2.17. The SMILES string of the molecule is Cc1c(Cl)cccc1C(=O)Nc1ccc(N(C)C(=O)c2[nH]cnc2C(N)=O)cc1. The highest BCUT2D eigenvalue weighted by molar-refractivity contribution is 6.32. The predicted molar refractivity (Wildman–Crippen MR) is 110 cm³/mol. The topological polar surface area (TPSA) is 121 Å². The zero-order valence-corrected chi connectivity index (χ0v) is 16.4. The minimum absolute atomic E-state index is 0.00816. The first-order valence-electron chi connectivity index (χ1n) is 8.57. The Morgan fingerprint density at radius 1 is 1.14 bits per heavy atom. The summed E-state index contributed by atoms with van der Waals surface area (Å²) in [7, 11) is 1.55. The molecule has 1 aromatic heterocycles. The summed E-state index contributed by atoms with van der Waals surface area (Å²) in [5, 5.41) is 3.31. The summed E-state index contributed by atoms with van der Waals surface area (Å²) < 4.78 is 0. The van der Waals surface area contributed by atoms with Crippen LogP contribution < -0.4 is 16.0 Å². The molecule has 0 saturated heterocycles. The van der Waals surface area contributed by atoms with Crippen LogP contribution in [0.2, 0.25) is 5.02 Å². The minimum atomic E-state index is -0.794. The van der Waals surface area contributed by atoms with E-state index in [1.807, 2.05) is 0 Å². The van der Waals surface area contributed by atoms with Gasteiger partial charge in [-0.25, -0.2) is 4.98 Å². The first-order valence-corrected chi connectivity index (χ1v) is 8.95. The quantitative estimate of drug-likeness (QED) is 0.597. The Kier molecular flexibility index (Phi) is 5.65. The molecule has 0 spiro atoms. The van der Waals surface area contributed by atoms with Crippen LogP contribution >= 0.6 is 11.6 Å². The largest absolute Gasteiger partial charge is 0.364 e. The number of anilines is 2. The van der Waals surface area contributed by atoms with Crippen LogP contribution in [-0.2, 0) is 0 Å². The molecule has 8 nitrogen and oxygen atoms in total. The number of nitrogens with zero attached hydrogens (tertiary/aromatic N) is 2. The van der Waals surface area contributed by atoms with Gasteiger partial charge in [0.1, 0.15) is 5.69 Å². The van der Waals surface area contributed by atoms with E-state index < -0.39 is 11.8 Å². The Hall–Kier alpha value is -3.65. The molecule has 0 fully saturated rings. The number of nitrogens with two attached hydrogens (primary N) is 1. The number of benzene rings is 2. The number of amides is 3. The molecule has 3 aromatic rings.